The van der Waals surface area contributed by atoms with E-state index < -0.39 is 29.5 Å². The number of non-ortho nitro benzene ring substituents is 1. The van der Waals surface area contributed by atoms with Gasteiger partial charge in [-0.05, 0) is 6.07 Å². The molecule has 0 amide bonds. The van der Waals surface area contributed by atoms with Crippen molar-refractivity contribution in [3.8, 4) is 0 Å². The van der Waals surface area contributed by atoms with Gasteiger partial charge in [0.25, 0.3) is 5.69 Å². The van der Waals surface area contributed by atoms with Gasteiger partial charge in [0, 0.05) is 17.8 Å². The predicted molar refractivity (Wildman–Crippen MR) is 60.3 cm³/mol. The van der Waals surface area contributed by atoms with Crippen molar-refractivity contribution in [2.45, 2.75) is 12.3 Å². The summed E-state index contributed by atoms with van der Waals surface area (Å²) in [6.45, 7) is -1.35. The molecule has 1 rings (SSSR count). The average Bonchev–Trinajstić information content (AvgIpc) is 2.35. The first-order valence-electron chi connectivity index (χ1n) is 4.92. The minimum Gasteiger partial charge on any atom is -0.378 e. The molecule has 0 aliphatic rings. The lowest BCUT2D eigenvalue weighted by Gasteiger charge is -2.16. The van der Waals surface area contributed by atoms with E-state index in [4.69, 9.17) is 5.84 Å². The van der Waals surface area contributed by atoms with Crippen LogP contribution in [-0.4, -0.2) is 23.8 Å². The van der Waals surface area contributed by atoms with Gasteiger partial charge in [0.05, 0.1) is 17.2 Å². The van der Waals surface area contributed by atoms with Crippen molar-refractivity contribution in [2.75, 3.05) is 17.3 Å². The first kappa shape index (κ1) is 15.0. The van der Waals surface area contributed by atoms with Crippen LogP contribution in [0, 0.1) is 10.1 Å². The second-order valence-corrected chi connectivity index (χ2v) is 3.59. The molecule has 0 aromatic heterocycles. The molecular formula is C9H10F4N4O2. The number of halogens is 4. The molecule has 0 aliphatic heterocycles. The van der Waals surface area contributed by atoms with Crippen LogP contribution in [-0.2, 0) is 0 Å². The van der Waals surface area contributed by atoms with Crippen LogP contribution in [0.25, 0.3) is 0 Å². The Morgan fingerprint density at radius 1 is 1.32 bits per heavy atom. The summed E-state index contributed by atoms with van der Waals surface area (Å²) in [5, 5.41) is 12.6. The Bertz CT molecular complexity index is 470. The Kier molecular flexibility index (Phi) is 4.48. The summed E-state index contributed by atoms with van der Waals surface area (Å²) in [7, 11) is 0. The highest BCUT2D eigenvalue weighted by Crippen LogP contribution is 2.27. The van der Waals surface area contributed by atoms with Crippen LogP contribution in [0.5, 0.6) is 0 Å². The molecule has 0 saturated carbocycles. The Balaban J connectivity index is 2.89. The first-order chi connectivity index (χ1) is 8.76. The van der Waals surface area contributed by atoms with Crippen LogP contribution in [0.3, 0.4) is 0 Å². The van der Waals surface area contributed by atoms with Crippen LogP contribution >= 0.6 is 0 Å². The van der Waals surface area contributed by atoms with E-state index in [9.17, 15) is 27.7 Å². The lowest BCUT2D eigenvalue weighted by molar-refractivity contribution is -0.384. The maximum Gasteiger partial charge on any atom is 0.324 e. The fourth-order valence-electron chi connectivity index (χ4n) is 1.20. The summed E-state index contributed by atoms with van der Waals surface area (Å²) < 4.78 is 49.2. The number of nitro groups is 1. The number of anilines is 2. The molecule has 0 atom stereocenters. The summed E-state index contributed by atoms with van der Waals surface area (Å²) in [5.41, 5.74) is 1.64. The van der Waals surface area contributed by atoms with Crippen LogP contribution in [0.4, 0.5) is 34.6 Å². The average molecular weight is 282 g/mol. The molecule has 6 nitrogen and oxygen atoms in total. The first-order valence-corrected chi connectivity index (χ1v) is 4.92. The quantitative estimate of drug-likeness (QED) is 0.322. The number of hydrogen-bond donors (Lipinski definition) is 3. The molecule has 4 N–H and O–H groups in total. The Morgan fingerprint density at radius 3 is 2.37 bits per heavy atom. The van der Waals surface area contributed by atoms with Crippen molar-refractivity contribution < 1.29 is 22.5 Å². The van der Waals surface area contributed by atoms with Crippen LogP contribution in [0.1, 0.15) is 0 Å². The molecule has 19 heavy (non-hydrogen) atoms. The number of nitrogens with one attached hydrogen (secondary N) is 2. The Labute approximate surface area is 104 Å². The second kappa shape index (κ2) is 5.69. The van der Waals surface area contributed by atoms with Crippen molar-refractivity contribution in [1.29, 1.82) is 0 Å². The number of nitrogens with two attached hydrogens (primary N) is 1. The molecule has 0 spiro atoms. The fraction of sp³-hybridized carbons (Fsp3) is 0.333. The molecule has 106 valence electrons. The van der Waals surface area contributed by atoms with Crippen LogP contribution < -0.4 is 16.6 Å². The third kappa shape index (κ3) is 3.95. The van der Waals surface area contributed by atoms with Gasteiger partial charge in [0.2, 0.25) is 0 Å². The lowest BCUT2D eigenvalue weighted by Crippen LogP contribution is -2.34. The molecule has 0 fully saturated rings. The molecule has 0 heterocycles. The van der Waals surface area contributed by atoms with Gasteiger partial charge in [0.15, 0.2) is 0 Å². The molecule has 10 heteroatoms. The third-order valence-electron chi connectivity index (χ3n) is 2.14. The van der Waals surface area contributed by atoms with Gasteiger partial charge in [-0.15, -0.1) is 0 Å². The van der Waals surface area contributed by atoms with Gasteiger partial charge < -0.3 is 10.7 Å². The van der Waals surface area contributed by atoms with Gasteiger partial charge in [-0.3, -0.25) is 16.0 Å². The Hall–Kier alpha value is -2.10. The summed E-state index contributed by atoms with van der Waals surface area (Å²) >= 11 is 0. The number of nitro benzene ring substituents is 1. The zero-order valence-electron chi connectivity index (χ0n) is 9.37. The van der Waals surface area contributed by atoms with E-state index >= 15 is 0 Å². The largest absolute Gasteiger partial charge is 0.378 e. The maximum absolute atomic E-state index is 12.7. The topological polar surface area (TPSA) is 93.2 Å². The van der Waals surface area contributed by atoms with E-state index in [1.807, 2.05) is 5.32 Å². The Morgan fingerprint density at radius 2 is 1.89 bits per heavy atom. The van der Waals surface area contributed by atoms with Gasteiger partial charge in [-0.2, -0.15) is 8.78 Å². The van der Waals surface area contributed by atoms with E-state index in [2.05, 4.69) is 5.43 Å². The molecule has 0 unspecified atom stereocenters. The summed E-state index contributed by atoms with van der Waals surface area (Å²) in [5.74, 6) is 0.814. The standard InChI is InChI=1S/C9H10F4N4O2/c10-8(11)9(12,13)4-15-5-1-6(16-14)3-7(2-5)17(18)19/h1-3,8,15-16H,4,14H2. The maximum atomic E-state index is 12.7. The number of nitrogens with zero attached hydrogens (tertiary/aromatic N) is 1. The molecule has 0 saturated heterocycles. The number of nitrogen functional groups attached to an aromatic ring is 1. The van der Waals surface area contributed by atoms with Crippen molar-refractivity contribution in [3.05, 3.63) is 28.3 Å². The van der Waals surface area contributed by atoms with Gasteiger partial charge in [-0.1, -0.05) is 0 Å². The minimum atomic E-state index is -4.24. The number of hydrazine groups is 1. The number of benzene rings is 1. The van der Waals surface area contributed by atoms with E-state index in [1.54, 1.807) is 0 Å². The normalized spacial score (nSPS) is 11.5. The molecule has 0 bridgehead atoms. The number of hydrogen-bond acceptors (Lipinski definition) is 5. The third-order valence-corrected chi connectivity index (χ3v) is 2.14. The van der Waals surface area contributed by atoms with Crippen molar-refractivity contribution >= 4 is 17.1 Å². The zero-order chi connectivity index (χ0) is 14.6. The highest BCUT2D eigenvalue weighted by molar-refractivity contribution is 5.63. The minimum absolute atomic E-state index is 0.0806. The van der Waals surface area contributed by atoms with Crippen molar-refractivity contribution in [1.82, 2.24) is 0 Å². The summed E-state index contributed by atoms with van der Waals surface area (Å²) in [6.07, 6.45) is -3.83. The molecular weight excluding hydrogens is 272 g/mol. The predicted octanol–water partition coefficient (Wildman–Crippen LogP) is 2.19. The number of alkyl halides is 4. The zero-order valence-corrected chi connectivity index (χ0v) is 9.37. The monoisotopic (exact) mass is 282 g/mol. The van der Waals surface area contributed by atoms with Gasteiger partial charge in [0.1, 0.15) is 0 Å². The molecule has 1 aromatic carbocycles. The van der Waals surface area contributed by atoms with Gasteiger partial charge in [-0.25, -0.2) is 8.78 Å². The van der Waals surface area contributed by atoms with E-state index in [0.717, 1.165) is 12.1 Å². The lowest BCUT2D eigenvalue weighted by atomic mass is 10.2. The molecule has 0 radical (unpaired) electrons. The van der Waals surface area contributed by atoms with Crippen LogP contribution in [0.15, 0.2) is 18.2 Å². The highest BCUT2D eigenvalue weighted by atomic mass is 19.3. The highest BCUT2D eigenvalue weighted by Gasteiger charge is 2.40. The van der Waals surface area contributed by atoms with Crippen LogP contribution in [0.2, 0.25) is 0 Å². The van der Waals surface area contributed by atoms with Gasteiger partial charge >= 0.3 is 12.3 Å². The summed E-state index contributed by atoms with van der Waals surface area (Å²) in [6, 6.07) is 3.17. The van der Waals surface area contributed by atoms with E-state index in [1.165, 1.54) is 6.07 Å². The fourth-order valence-corrected chi connectivity index (χ4v) is 1.20. The second-order valence-electron chi connectivity index (χ2n) is 3.59. The molecule has 1 aromatic rings. The summed E-state index contributed by atoms with van der Waals surface area (Å²) in [4.78, 5) is 9.81. The molecule has 0 aliphatic carbocycles. The van der Waals surface area contributed by atoms with Crippen molar-refractivity contribution in [3.63, 3.8) is 0 Å². The van der Waals surface area contributed by atoms with E-state index in [0.29, 0.717) is 0 Å². The van der Waals surface area contributed by atoms with Crippen molar-refractivity contribution in [2.24, 2.45) is 5.84 Å². The SMILES string of the molecule is NNc1cc(NCC(F)(F)C(F)F)cc([N+](=O)[O-])c1. The van der Waals surface area contributed by atoms with E-state index in [-0.39, 0.29) is 11.4 Å². The number of rotatable bonds is 6. The smallest absolute Gasteiger partial charge is 0.324 e.